The summed E-state index contributed by atoms with van der Waals surface area (Å²) in [7, 11) is 0. The van der Waals surface area contributed by atoms with E-state index in [1.54, 1.807) is 13.8 Å². The predicted octanol–water partition coefficient (Wildman–Crippen LogP) is 2.64. The third-order valence-corrected chi connectivity index (χ3v) is 16.0. The molecule has 4 aliphatic carbocycles. The Bertz CT molecular complexity index is 1310. The first kappa shape index (κ1) is 37.2. The molecule has 51 heavy (non-hydrogen) atoms. The highest BCUT2D eigenvalue weighted by Crippen LogP contribution is 2.71. The third-order valence-electron chi connectivity index (χ3n) is 16.0. The van der Waals surface area contributed by atoms with Crippen molar-refractivity contribution in [3.63, 3.8) is 0 Å². The van der Waals surface area contributed by atoms with E-state index < -0.39 is 67.1 Å². The lowest BCUT2D eigenvalue weighted by atomic mass is 9.43. The molecule has 0 aromatic heterocycles. The van der Waals surface area contributed by atoms with Crippen LogP contribution in [0.15, 0.2) is 0 Å². The van der Waals surface area contributed by atoms with Gasteiger partial charge in [0.05, 0.1) is 37.1 Å². The second-order valence-corrected chi connectivity index (χ2v) is 18.7. The summed E-state index contributed by atoms with van der Waals surface area (Å²) in [6, 6.07) is -0.958. The van der Waals surface area contributed by atoms with E-state index in [0.717, 1.165) is 51.6 Å². The maximum absolute atomic E-state index is 13.1. The molecule has 0 radical (unpaired) electrons. The lowest BCUT2D eigenvalue weighted by Gasteiger charge is -2.62. The Morgan fingerprint density at radius 3 is 2.24 bits per heavy atom. The maximum Gasteiger partial charge on any atom is 0.187 e. The lowest BCUT2D eigenvalue weighted by molar-refractivity contribution is -0.343. The van der Waals surface area contributed by atoms with Crippen molar-refractivity contribution >= 4 is 5.78 Å². The Hall–Kier alpha value is -0.770. The molecule has 0 amide bonds. The topological polar surface area (TPSA) is 179 Å². The zero-order valence-electron chi connectivity index (χ0n) is 31.3. The normalized spacial score (nSPS) is 60.0. The first-order valence-electron chi connectivity index (χ1n) is 20.0. The number of hydrogen-bond acceptors (Lipinski definition) is 12. The number of Topliss-reactive ketones (excluding diaryl/α,β-unsaturated/α-hetero) is 1. The van der Waals surface area contributed by atoms with Crippen LogP contribution in [-0.2, 0) is 33.2 Å². The van der Waals surface area contributed by atoms with Crippen molar-refractivity contribution in [3.8, 4) is 0 Å². The molecule has 12 nitrogen and oxygen atoms in total. The minimum absolute atomic E-state index is 0.0136. The van der Waals surface area contributed by atoms with Crippen LogP contribution >= 0.6 is 0 Å². The zero-order valence-corrected chi connectivity index (χ0v) is 31.3. The summed E-state index contributed by atoms with van der Waals surface area (Å²) in [6.45, 7) is 13.6. The van der Waals surface area contributed by atoms with Crippen LogP contribution in [0.2, 0.25) is 0 Å². The molecule has 8 fully saturated rings. The van der Waals surface area contributed by atoms with E-state index >= 15 is 0 Å². The molecule has 1 spiro atoms. The summed E-state index contributed by atoms with van der Waals surface area (Å²) in [6.07, 6.45) is -2.32. The molecule has 8 aliphatic rings. The molecule has 290 valence electrons. The van der Waals surface area contributed by atoms with Crippen molar-refractivity contribution in [2.45, 2.75) is 179 Å². The highest BCUT2D eigenvalue weighted by molar-refractivity contribution is 5.79. The monoisotopic (exact) mass is 721 g/mol. The SMILES string of the molecule is CC1C2C(CC3C4CC(O[C@H]5O[C@H](C)[C@@H](O)[C@H](O[C@@H]6O[C@@H](C)[C@H](O)[C@@H](O)[C@H]6O)[C@H]5N)[C@H]5CC(=O)CC[C@]5(C)C4CC[C@@]32C)O[C@]12CC[C@H](C)CO2. The van der Waals surface area contributed by atoms with Gasteiger partial charge in [0.15, 0.2) is 18.4 Å². The largest absolute Gasteiger partial charge is 0.388 e. The van der Waals surface area contributed by atoms with Crippen molar-refractivity contribution in [2.24, 2.45) is 58.0 Å². The molecule has 4 saturated carbocycles. The number of carbonyl (C=O) groups excluding carboxylic acids is 1. The number of nitrogens with two attached hydrogens (primary N) is 1. The Labute approximate surface area is 302 Å². The van der Waals surface area contributed by atoms with Crippen molar-refractivity contribution < 1.29 is 53.6 Å². The second kappa shape index (κ2) is 13.2. The quantitative estimate of drug-likeness (QED) is 0.269. The van der Waals surface area contributed by atoms with Crippen LogP contribution in [-0.4, -0.2) is 112 Å². The third kappa shape index (κ3) is 5.75. The molecule has 0 aromatic rings. The van der Waals surface area contributed by atoms with Gasteiger partial charge in [-0.15, -0.1) is 0 Å². The molecule has 6 N–H and O–H groups in total. The van der Waals surface area contributed by atoms with E-state index in [4.69, 9.17) is 34.2 Å². The van der Waals surface area contributed by atoms with Crippen LogP contribution in [0, 0.1) is 52.3 Å². The Balaban J connectivity index is 1.04. The van der Waals surface area contributed by atoms with Crippen molar-refractivity contribution in [1.82, 2.24) is 0 Å². The van der Waals surface area contributed by atoms with Crippen LogP contribution in [0.4, 0.5) is 0 Å². The number of rotatable bonds is 4. The molecule has 8 rings (SSSR count). The first-order valence-corrected chi connectivity index (χ1v) is 20.0. The standard InChI is InChI=1S/C39H63NO11/c1-17-7-12-39(46-16-17)18(2)28-27(51-39)15-24-22-14-26(25-13-21(41)8-10-37(25,5)23(22)9-11-38(24,28)6)49-35-29(40)34(31(43)20(4)47-35)50-36-33(45)32(44)30(42)19(3)48-36/h17-20,22-36,42-45H,7-16,40H2,1-6H3/t17-,18?,19-,20+,22?,23?,24?,25+,26?,27?,28?,29+,30-,31+,32+,33+,34+,35+,36-,37+,38-,39+/m0/s1. The fourth-order valence-electron chi connectivity index (χ4n) is 13.0. The molecular weight excluding hydrogens is 658 g/mol. The van der Waals surface area contributed by atoms with Gasteiger partial charge in [-0.05, 0) is 98.7 Å². The average Bonchev–Trinajstić information content (AvgIpc) is 3.54. The van der Waals surface area contributed by atoms with Crippen LogP contribution in [0.25, 0.3) is 0 Å². The van der Waals surface area contributed by atoms with Gasteiger partial charge in [0.2, 0.25) is 0 Å². The van der Waals surface area contributed by atoms with Gasteiger partial charge >= 0.3 is 0 Å². The fourth-order valence-corrected chi connectivity index (χ4v) is 13.0. The predicted molar refractivity (Wildman–Crippen MR) is 183 cm³/mol. The molecule has 7 unspecified atom stereocenters. The fraction of sp³-hybridized carbons (Fsp3) is 0.974. The summed E-state index contributed by atoms with van der Waals surface area (Å²) >= 11 is 0. The average molecular weight is 722 g/mol. The van der Waals surface area contributed by atoms with Crippen molar-refractivity contribution in [3.05, 3.63) is 0 Å². The zero-order chi connectivity index (χ0) is 36.4. The van der Waals surface area contributed by atoms with Gasteiger partial charge < -0.3 is 54.6 Å². The number of carbonyl (C=O) groups is 1. The Morgan fingerprint density at radius 1 is 0.784 bits per heavy atom. The molecular formula is C39H63NO11. The van der Waals surface area contributed by atoms with Gasteiger partial charge in [-0.2, -0.15) is 0 Å². The van der Waals surface area contributed by atoms with Crippen molar-refractivity contribution in [1.29, 1.82) is 0 Å². The van der Waals surface area contributed by atoms with Gasteiger partial charge in [-0.3, -0.25) is 4.79 Å². The van der Waals surface area contributed by atoms with Crippen LogP contribution in [0.3, 0.4) is 0 Å². The van der Waals surface area contributed by atoms with Crippen molar-refractivity contribution in [2.75, 3.05) is 6.61 Å². The summed E-state index contributed by atoms with van der Waals surface area (Å²) in [5.74, 6) is 2.48. The van der Waals surface area contributed by atoms with E-state index in [2.05, 4.69) is 27.7 Å². The van der Waals surface area contributed by atoms with Gasteiger partial charge in [-0.1, -0.05) is 27.7 Å². The van der Waals surface area contributed by atoms with Gasteiger partial charge in [0.1, 0.15) is 36.3 Å². The molecule has 4 aliphatic heterocycles. The molecule has 12 heteroatoms. The van der Waals surface area contributed by atoms with Gasteiger partial charge in [0, 0.05) is 25.2 Å². The van der Waals surface area contributed by atoms with E-state index in [0.29, 0.717) is 48.3 Å². The number of hydrogen-bond donors (Lipinski definition) is 5. The number of aliphatic hydroxyl groups is 4. The van der Waals surface area contributed by atoms with Gasteiger partial charge in [0.25, 0.3) is 0 Å². The van der Waals surface area contributed by atoms with Crippen LogP contribution < -0.4 is 5.73 Å². The van der Waals surface area contributed by atoms with E-state index in [9.17, 15) is 25.2 Å². The lowest BCUT2D eigenvalue weighted by Crippen LogP contribution is -2.66. The minimum Gasteiger partial charge on any atom is -0.388 e. The Kier molecular flexibility index (Phi) is 9.60. The van der Waals surface area contributed by atoms with E-state index in [1.165, 1.54) is 0 Å². The molecule has 4 heterocycles. The summed E-state index contributed by atoms with van der Waals surface area (Å²) in [4.78, 5) is 13.1. The molecule has 0 aromatic carbocycles. The second-order valence-electron chi connectivity index (χ2n) is 18.7. The highest BCUT2D eigenvalue weighted by atomic mass is 16.7. The summed E-state index contributed by atoms with van der Waals surface area (Å²) < 4.78 is 38.6. The van der Waals surface area contributed by atoms with Crippen LogP contribution in [0.5, 0.6) is 0 Å². The smallest absolute Gasteiger partial charge is 0.187 e. The summed E-state index contributed by atoms with van der Waals surface area (Å²) in [5.41, 5.74) is 6.83. The first-order chi connectivity index (χ1) is 24.1. The minimum atomic E-state index is -1.54. The number of ether oxygens (including phenoxy) is 6. The highest BCUT2D eigenvalue weighted by Gasteiger charge is 2.70. The molecule has 0 bridgehead atoms. The maximum atomic E-state index is 13.1. The molecule has 4 saturated heterocycles. The Morgan fingerprint density at radius 2 is 1.51 bits per heavy atom. The number of fused-ring (bicyclic) bond motifs is 7. The van der Waals surface area contributed by atoms with Gasteiger partial charge in [-0.25, -0.2) is 0 Å². The van der Waals surface area contributed by atoms with E-state index in [-0.39, 0.29) is 34.7 Å². The number of ketones is 1. The number of aliphatic hydroxyl groups excluding tert-OH is 4. The van der Waals surface area contributed by atoms with E-state index in [1.807, 2.05) is 0 Å². The summed E-state index contributed by atoms with van der Waals surface area (Å²) in [5, 5.41) is 42.4. The molecule has 22 atom stereocenters. The van der Waals surface area contributed by atoms with Crippen LogP contribution in [0.1, 0.15) is 99.3 Å².